The molecule has 25 heavy (non-hydrogen) atoms. The van der Waals surface area contributed by atoms with Crippen LogP contribution in [0.5, 0.6) is 11.5 Å². The normalized spacial score (nSPS) is 11.6. The number of rotatable bonds is 9. The highest BCUT2D eigenvalue weighted by Crippen LogP contribution is 2.16. The van der Waals surface area contributed by atoms with Gasteiger partial charge in [-0.3, -0.25) is 4.79 Å². The summed E-state index contributed by atoms with van der Waals surface area (Å²) in [5, 5.41) is 16.9. The minimum atomic E-state index is -0.981. The Bertz CT molecular complexity index is 711. The van der Waals surface area contributed by atoms with Crippen LogP contribution in [-0.4, -0.2) is 40.6 Å². The number of aromatic carboxylic acids is 1. The summed E-state index contributed by atoms with van der Waals surface area (Å²) in [4.78, 5) is 21.5. The van der Waals surface area contributed by atoms with Crippen molar-refractivity contribution in [2.45, 2.75) is 11.7 Å². The number of carboxylic acid groups (broad SMARTS) is 2. The Morgan fingerprint density at radius 2 is 1.36 bits per heavy atom. The van der Waals surface area contributed by atoms with Crippen LogP contribution < -0.4 is 9.47 Å². The fraction of sp³-hybridized carbons (Fsp3) is 0.222. The summed E-state index contributed by atoms with van der Waals surface area (Å²) in [5.41, 5.74) is 1.07. The molecule has 2 rings (SSSR count). The van der Waals surface area contributed by atoms with E-state index in [0.717, 1.165) is 5.56 Å². The summed E-state index contributed by atoms with van der Waals surface area (Å²) in [6, 6.07) is 13.3. The molecule has 1 atom stereocenters. The van der Waals surface area contributed by atoms with Crippen LogP contribution in [0.1, 0.15) is 15.9 Å². The van der Waals surface area contributed by atoms with Crippen molar-refractivity contribution in [1.29, 1.82) is 0 Å². The molecule has 2 aromatic rings. The number of carboxylic acids is 2. The zero-order chi connectivity index (χ0) is 18.2. The minimum Gasteiger partial charge on any atom is -0.490 e. The van der Waals surface area contributed by atoms with E-state index in [9.17, 15) is 9.59 Å². The Balaban J connectivity index is 1.74. The largest absolute Gasteiger partial charge is 0.490 e. The third kappa shape index (κ3) is 6.04. The lowest BCUT2D eigenvalue weighted by atomic mass is 10.1. The van der Waals surface area contributed by atoms with E-state index in [-0.39, 0.29) is 5.56 Å². The van der Waals surface area contributed by atoms with Gasteiger partial charge in [-0.1, -0.05) is 12.1 Å². The SMILES string of the molecule is O=C(O)c1ccc(OCCOc2ccc(CC(S)C(=O)O)cc2)cc1. The zero-order valence-electron chi connectivity index (χ0n) is 13.3. The summed E-state index contributed by atoms with van der Waals surface area (Å²) in [5.74, 6) is -0.708. The molecule has 0 aliphatic carbocycles. The van der Waals surface area contributed by atoms with Crippen LogP contribution in [0.15, 0.2) is 48.5 Å². The number of aliphatic carboxylic acids is 1. The Kier molecular flexibility index (Phi) is 6.71. The van der Waals surface area contributed by atoms with E-state index >= 15 is 0 Å². The molecule has 0 aromatic heterocycles. The van der Waals surface area contributed by atoms with Crippen molar-refractivity contribution in [2.24, 2.45) is 0 Å². The van der Waals surface area contributed by atoms with E-state index in [2.05, 4.69) is 12.6 Å². The number of thiol groups is 1. The summed E-state index contributed by atoms with van der Waals surface area (Å²) >= 11 is 4.00. The monoisotopic (exact) mass is 362 g/mol. The summed E-state index contributed by atoms with van der Waals surface area (Å²) in [6.45, 7) is 0.635. The van der Waals surface area contributed by atoms with E-state index in [1.54, 1.807) is 36.4 Å². The molecule has 0 saturated carbocycles. The second kappa shape index (κ2) is 8.98. The highest BCUT2D eigenvalue weighted by atomic mass is 32.1. The molecule has 7 heteroatoms. The second-order valence-electron chi connectivity index (χ2n) is 5.23. The van der Waals surface area contributed by atoms with Crippen molar-refractivity contribution < 1.29 is 29.3 Å². The maximum atomic E-state index is 10.8. The van der Waals surface area contributed by atoms with Gasteiger partial charge in [0.15, 0.2) is 0 Å². The Morgan fingerprint density at radius 3 is 1.80 bits per heavy atom. The van der Waals surface area contributed by atoms with Gasteiger partial charge in [-0.15, -0.1) is 0 Å². The third-order valence-electron chi connectivity index (χ3n) is 3.36. The van der Waals surface area contributed by atoms with E-state index in [1.807, 2.05) is 0 Å². The Labute approximate surface area is 150 Å². The van der Waals surface area contributed by atoms with Crippen LogP contribution in [0.3, 0.4) is 0 Å². The van der Waals surface area contributed by atoms with Gasteiger partial charge in [0.1, 0.15) is 30.0 Å². The Morgan fingerprint density at radius 1 is 0.880 bits per heavy atom. The van der Waals surface area contributed by atoms with Crippen LogP contribution in [0.25, 0.3) is 0 Å². The lowest BCUT2D eigenvalue weighted by molar-refractivity contribution is -0.136. The number of benzene rings is 2. The number of hydrogen-bond donors (Lipinski definition) is 3. The fourth-order valence-electron chi connectivity index (χ4n) is 2.05. The molecule has 2 aromatic carbocycles. The van der Waals surface area contributed by atoms with Crippen LogP contribution in [0.2, 0.25) is 0 Å². The van der Waals surface area contributed by atoms with Crippen molar-refractivity contribution in [3.63, 3.8) is 0 Å². The van der Waals surface area contributed by atoms with Crippen LogP contribution >= 0.6 is 12.6 Å². The summed E-state index contributed by atoms with van der Waals surface area (Å²) in [7, 11) is 0. The molecule has 0 bridgehead atoms. The van der Waals surface area contributed by atoms with Gasteiger partial charge in [0.2, 0.25) is 0 Å². The highest BCUT2D eigenvalue weighted by Gasteiger charge is 2.12. The average Bonchev–Trinajstić information content (AvgIpc) is 2.60. The van der Waals surface area contributed by atoms with Crippen molar-refractivity contribution >= 4 is 24.6 Å². The maximum absolute atomic E-state index is 10.8. The van der Waals surface area contributed by atoms with Gasteiger partial charge in [0.05, 0.1) is 5.56 Å². The number of ether oxygens (including phenoxy) is 2. The van der Waals surface area contributed by atoms with Crippen LogP contribution in [0, 0.1) is 0 Å². The van der Waals surface area contributed by atoms with Crippen molar-refractivity contribution in [1.82, 2.24) is 0 Å². The molecular formula is C18H18O6S. The van der Waals surface area contributed by atoms with Gasteiger partial charge < -0.3 is 19.7 Å². The minimum absolute atomic E-state index is 0.204. The number of hydrogen-bond acceptors (Lipinski definition) is 5. The quantitative estimate of drug-likeness (QED) is 0.469. The Hall–Kier alpha value is -2.67. The molecule has 1 unspecified atom stereocenters. The molecule has 6 nitrogen and oxygen atoms in total. The molecular weight excluding hydrogens is 344 g/mol. The van der Waals surface area contributed by atoms with Crippen molar-refractivity contribution in [3.8, 4) is 11.5 Å². The fourth-order valence-corrected chi connectivity index (χ4v) is 2.26. The standard InChI is InChI=1S/C18H18O6S/c19-17(20)13-3-7-15(8-4-13)24-10-9-23-14-5-1-12(2-6-14)11-16(25)18(21)22/h1-8,16,25H,9-11H2,(H,19,20)(H,21,22). The first-order valence-electron chi connectivity index (χ1n) is 7.54. The first-order chi connectivity index (χ1) is 12.0. The third-order valence-corrected chi connectivity index (χ3v) is 3.76. The smallest absolute Gasteiger partial charge is 0.335 e. The van der Waals surface area contributed by atoms with Crippen molar-refractivity contribution in [3.05, 3.63) is 59.7 Å². The maximum Gasteiger partial charge on any atom is 0.335 e. The van der Waals surface area contributed by atoms with Gasteiger partial charge >= 0.3 is 11.9 Å². The van der Waals surface area contributed by atoms with E-state index in [0.29, 0.717) is 31.1 Å². The average molecular weight is 362 g/mol. The number of carbonyl (C=O) groups is 2. The lowest BCUT2D eigenvalue weighted by Crippen LogP contribution is -2.16. The summed E-state index contributed by atoms with van der Waals surface area (Å²) < 4.78 is 11.0. The van der Waals surface area contributed by atoms with Gasteiger partial charge in [-0.05, 0) is 48.4 Å². The highest BCUT2D eigenvalue weighted by molar-refractivity contribution is 7.81. The molecule has 0 aliphatic rings. The predicted molar refractivity (Wildman–Crippen MR) is 94.9 cm³/mol. The summed E-state index contributed by atoms with van der Waals surface area (Å²) in [6.07, 6.45) is 0.341. The zero-order valence-corrected chi connectivity index (χ0v) is 14.2. The van der Waals surface area contributed by atoms with Gasteiger partial charge in [0, 0.05) is 0 Å². The molecule has 0 heterocycles. The molecule has 0 amide bonds. The lowest BCUT2D eigenvalue weighted by Gasteiger charge is -2.10. The molecule has 2 N–H and O–H groups in total. The molecule has 0 saturated heterocycles. The van der Waals surface area contributed by atoms with Gasteiger partial charge in [-0.2, -0.15) is 12.6 Å². The second-order valence-corrected chi connectivity index (χ2v) is 5.85. The first kappa shape index (κ1) is 18.7. The topological polar surface area (TPSA) is 93.1 Å². The molecule has 0 aliphatic heterocycles. The predicted octanol–water partition coefficient (Wildman–Crippen LogP) is 2.77. The van der Waals surface area contributed by atoms with Crippen molar-refractivity contribution in [2.75, 3.05) is 13.2 Å². The molecule has 132 valence electrons. The van der Waals surface area contributed by atoms with Gasteiger partial charge in [-0.25, -0.2) is 4.79 Å². The molecule has 0 fully saturated rings. The van der Waals surface area contributed by atoms with Crippen LogP contribution in [-0.2, 0) is 11.2 Å². The van der Waals surface area contributed by atoms with E-state index in [4.69, 9.17) is 19.7 Å². The van der Waals surface area contributed by atoms with Crippen LogP contribution in [0.4, 0.5) is 0 Å². The molecule has 0 spiro atoms. The van der Waals surface area contributed by atoms with E-state index in [1.165, 1.54) is 12.1 Å². The van der Waals surface area contributed by atoms with Gasteiger partial charge in [0.25, 0.3) is 0 Å². The van der Waals surface area contributed by atoms with E-state index < -0.39 is 17.2 Å². The first-order valence-corrected chi connectivity index (χ1v) is 8.06. The molecule has 0 radical (unpaired) electrons.